The third kappa shape index (κ3) is 11.9. The van der Waals surface area contributed by atoms with Gasteiger partial charge >= 0.3 is 0 Å². The maximum Gasteiger partial charge on any atom is -0.0103 e. The zero-order valence-corrected chi connectivity index (χ0v) is 36.5. The van der Waals surface area contributed by atoms with Gasteiger partial charge < -0.3 is 0 Å². The first-order valence-corrected chi connectivity index (χ1v) is 21.1. The van der Waals surface area contributed by atoms with E-state index in [1.54, 1.807) is 0 Å². The van der Waals surface area contributed by atoms with Crippen molar-refractivity contribution >= 4 is 33.7 Å². The van der Waals surface area contributed by atoms with Crippen LogP contribution >= 0.6 is 0 Å². The van der Waals surface area contributed by atoms with E-state index in [9.17, 15) is 0 Å². The molecule has 0 saturated carbocycles. The summed E-state index contributed by atoms with van der Waals surface area (Å²) in [5.41, 5.74) is 13.8. The summed E-state index contributed by atoms with van der Waals surface area (Å²) in [4.78, 5) is 0. The summed E-state index contributed by atoms with van der Waals surface area (Å²) in [6.45, 7) is 26.3. The van der Waals surface area contributed by atoms with Crippen molar-refractivity contribution < 1.29 is 0 Å². The third-order valence-corrected chi connectivity index (χ3v) is 9.70. The SMILES string of the molecule is C=Cc1c(C)ccc(-c2ccccc2)c1C=C.CC.CC.CC.CCc1ccc(-c2ccc(-c3ccccc3)cc2)c2ccccc12.Cc1cccc2ccccc12. The first-order chi connectivity index (χ1) is 28.5. The summed E-state index contributed by atoms with van der Waals surface area (Å²) >= 11 is 0. The van der Waals surface area contributed by atoms with Gasteiger partial charge in [-0.15, -0.1) is 0 Å². The van der Waals surface area contributed by atoms with Gasteiger partial charge in [0, 0.05) is 0 Å². The molecule has 0 atom stereocenters. The third-order valence-electron chi connectivity index (χ3n) is 9.70. The molecule has 0 nitrogen and oxygen atoms in total. The van der Waals surface area contributed by atoms with Gasteiger partial charge in [-0.25, -0.2) is 0 Å². The average Bonchev–Trinajstić information content (AvgIpc) is 3.31. The van der Waals surface area contributed by atoms with Crippen LogP contribution in [0.4, 0.5) is 0 Å². The Bertz CT molecular complexity index is 2410. The Morgan fingerprint density at radius 1 is 0.362 bits per heavy atom. The van der Waals surface area contributed by atoms with Crippen molar-refractivity contribution in [3.8, 4) is 33.4 Å². The van der Waals surface area contributed by atoms with Crippen LogP contribution in [0, 0.1) is 13.8 Å². The molecule has 0 aromatic heterocycles. The minimum Gasteiger partial charge on any atom is -0.0984 e. The molecule has 0 fully saturated rings. The molecule has 0 amide bonds. The van der Waals surface area contributed by atoms with E-state index in [-0.39, 0.29) is 0 Å². The lowest BCUT2D eigenvalue weighted by molar-refractivity contribution is 1.16. The van der Waals surface area contributed by atoms with Gasteiger partial charge in [-0.05, 0) is 103 Å². The van der Waals surface area contributed by atoms with Crippen molar-refractivity contribution in [3.63, 3.8) is 0 Å². The Morgan fingerprint density at radius 2 is 0.810 bits per heavy atom. The molecule has 0 unspecified atom stereocenters. The molecule has 0 saturated heterocycles. The van der Waals surface area contributed by atoms with Gasteiger partial charge in [0.15, 0.2) is 0 Å². The van der Waals surface area contributed by atoms with Gasteiger partial charge in [-0.2, -0.15) is 0 Å². The lowest BCUT2D eigenvalue weighted by Crippen LogP contribution is -1.90. The molecule has 296 valence electrons. The summed E-state index contributed by atoms with van der Waals surface area (Å²) < 4.78 is 0. The second-order valence-corrected chi connectivity index (χ2v) is 12.9. The second-order valence-electron chi connectivity index (χ2n) is 12.9. The van der Waals surface area contributed by atoms with Gasteiger partial charge in [0.25, 0.3) is 0 Å². The van der Waals surface area contributed by atoms with E-state index in [1.165, 1.54) is 77.2 Å². The minimum atomic E-state index is 1.06. The summed E-state index contributed by atoms with van der Waals surface area (Å²) in [5.74, 6) is 0. The maximum absolute atomic E-state index is 3.92. The number of hydrogen-bond donors (Lipinski definition) is 0. The number of benzene rings is 8. The molecule has 8 aromatic rings. The van der Waals surface area contributed by atoms with Crippen LogP contribution in [-0.4, -0.2) is 0 Å². The fourth-order valence-corrected chi connectivity index (χ4v) is 6.89. The van der Waals surface area contributed by atoms with E-state index >= 15 is 0 Å². The van der Waals surface area contributed by atoms with E-state index in [2.05, 4.69) is 204 Å². The molecule has 8 rings (SSSR count). The highest BCUT2D eigenvalue weighted by molar-refractivity contribution is 5.98. The van der Waals surface area contributed by atoms with Crippen LogP contribution in [0.25, 0.3) is 67.1 Å². The molecular formula is C58H64. The topological polar surface area (TPSA) is 0 Å². The highest BCUT2D eigenvalue weighted by Crippen LogP contribution is 2.33. The molecule has 0 heterocycles. The quantitative estimate of drug-likeness (QED) is 0.158. The second kappa shape index (κ2) is 25.1. The van der Waals surface area contributed by atoms with Crippen LogP contribution in [0.3, 0.4) is 0 Å². The number of fused-ring (bicyclic) bond motifs is 2. The minimum absolute atomic E-state index is 1.06. The Morgan fingerprint density at radius 3 is 1.38 bits per heavy atom. The molecule has 0 radical (unpaired) electrons. The van der Waals surface area contributed by atoms with Crippen LogP contribution in [0.5, 0.6) is 0 Å². The van der Waals surface area contributed by atoms with Crippen molar-refractivity contribution in [1.82, 2.24) is 0 Å². The smallest absolute Gasteiger partial charge is 0.0103 e. The van der Waals surface area contributed by atoms with E-state index in [0.29, 0.717) is 0 Å². The molecule has 8 aromatic carbocycles. The molecule has 0 N–H and O–H groups in total. The monoisotopic (exact) mass is 761 g/mol. The zero-order chi connectivity index (χ0) is 42.3. The van der Waals surface area contributed by atoms with E-state index in [4.69, 9.17) is 0 Å². The van der Waals surface area contributed by atoms with Crippen molar-refractivity contribution in [1.29, 1.82) is 0 Å². The van der Waals surface area contributed by atoms with Gasteiger partial charge in [0.1, 0.15) is 0 Å². The van der Waals surface area contributed by atoms with Gasteiger partial charge in [0.2, 0.25) is 0 Å². The van der Waals surface area contributed by atoms with Crippen molar-refractivity contribution in [2.24, 2.45) is 0 Å². The van der Waals surface area contributed by atoms with Crippen molar-refractivity contribution in [2.75, 3.05) is 0 Å². The fourth-order valence-electron chi connectivity index (χ4n) is 6.89. The van der Waals surface area contributed by atoms with Crippen LogP contribution in [0.1, 0.15) is 76.3 Å². The van der Waals surface area contributed by atoms with Crippen molar-refractivity contribution in [3.05, 3.63) is 217 Å². The van der Waals surface area contributed by atoms with Crippen LogP contribution in [-0.2, 0) is 6.42 Å². The van der Waals surface area contributed by atoms with Crippen molar-refractivity contribution in [2.45, 2.75) is 68.7 Å². The van der Waals surface area contributed by atoms with Crippen LogP contribution < -0.4 is 0 Å². The summed E-state index contributed by atoms with van der Waals surface area (Å²) in [6, 6.07) is 62.1. The first kappa shape index (κ1) is 46.1. The molecule has 58 heavy (non-hydrogen) atoms. The normalized spacial score (nSPS) is 9.67. The highest BCUT2D eigenvalue weighted by Gasteiger charge is 2.09. The fraction of sp³-hybridized carbons (Fsp3) is 0.172. The van der Waals surface area contributed by atoms with E-state index in [1.807, 2.05) is 59.8 Å². The first-order valence-electron chi connectivity index (χ1n) is 21.1. The standard InChI is InChI=1S/C24H20.C17H16.C11H10.3C2H6/c1-2-18-16-17-23(24-11-7-6-10-22(18)24)21-14-12-20(13-15-21)19-8-4-3-5-9-19;1-4-15-13(3)11-12-17(16(15)5-2)14-9-7-6-8-10-14;1-9-5-4-7-10-6-2-3-8-11(9)10;3*1-2/h3-17H,2H2,1H3;4-12H,1-2H2,3H3;2-8H,1H3;3*1-2H3. The van der Waals surface area contributed by atoms with Crippen LogP contribution in [0.2, 0.25) is 0 Å². The molecule has 0 spiro atoms. The lowest BCUT2D eigenvalue weighted by Gasteiger charge is -2.12. The highest BCUT2D eigenvalue weighted by atomic mass is 14.1. The van der Waals surface area contributed by atoms with E-state index < -0.39 is 0 Å². The Labute approximate surface area is 351 Å². The van der Waals surface area contributed by atoms with Crippen LogP contribution in [0.15, 0.2) is 189 Å². The largest absolute Gasteiger partial charge is 0.0984 e. The summed E-state index contributed by atoms with van der Waals surface area (Å²) in [6.07, 6.45) is 4.87. The summed E-state index contributed by atoms with van der Waals surface area (Å²) in [7, 11) is 0. The molecule has 0 heteroatoms. The predicted octanol–water partition coefficient (Wildman–Crippen LogP) is 17.9. The van der Waals surface area contributed by atoms with Gasteiger partial charge in [0.05, 0.1) is 0 Å². The van der Waals surface area contributed by atoms with E-state index in [0.717, 1.165) is 12.0 Å². The van der Waals surface area contributed by atoms with Gasteiger partial charge in [-0.1, -0.05) is 250 Å². The number of hydrogen-bond acceptors (Lipinski definition) is 0. The average molecular weight is 761 g/mol. The molecule has 0 aliphatic carbocycles. The molecular weight excluding hydrogens is 697 g/mol. The van der Waals surface area contributed by atoms with Gasteiger partial charge in [-0.3, -0.25) is 0 Å². The zero-order valence-electron chi connectivity index (χ0n) is 36.5. The number of aryl methyl sites for hydroxylation is 3. The maximum atomic E-state index is 3.92. The number of rotatable bonds is 6. The Hall–Kier alpha value is -6.24. The predicted molar refractivity (Wildman–Crippen MR) is 264 cm³/mol. The summed E-state index contributed by atoms with van der Waals surface area (Å²) in [5, 5.41) is 5.39. The Balaban J connectivity index is 0.000000231. The molecule has 0 aliphatic rings. The molecule has 0 bridgehead atoms. The lowest BCUT2D eigenvalue weighted by atomic mass is 9.92. The Kier molecular flexibility index (Phi) is 20.0. The molecule has 0 aliphatic heterocycles.